The zero-order valence-corrected chi connectivity index (χ0v) is 21.6. The zero-order chi connectivity index (χ0) is 25.1. The van der Waals surface area contributed by atoms with E-state index in [-0.39, 0.29) is 24.9 Å². The van der Waals surface area contributed by atoms with Crippen LogP contribution in [0.15, 0.2) is 66.7 Å². The monoisotopic (exact) mass is 523 g/mol. The molecule has 0 saturated carbocycles. The van der Waals surface area contributed by atoms with Gasteiger partial charge in [0, 0.05) is 19.6 Å². The molecule has 2 aliphatic rings. The first-order valence-electron chi connectivity index (χ1n) is 12.7. The lowest BCUT2D eigenvalue weighted by atomic mass is 9.86. The lowest BCUT2D eigenvalue weighted by molar-refractivity contribution is 0.0696. The summed E-state index contributed by atoms with van der Waals surface area (Å²) < 4.78 is 26.1. The van der Waals surface area contributed by atoms with Gasteiger partial charge in [-0.2, -0.15) is 0 Å². The Bertz CT molecular complexity index is 1270. The van der Waals surface area contributed by atoms with Gasteiger partial charge in [0.05, 0.1) is 12.2 Å². The van der Waals surface area contributed by atoms with Crippen LogP contribution in [0.4, 0.5) is 8.78 Å². The third-order valence-corrected chi connectivity index (χ3v) is 7.40. The lowest BCUT2D eigenvalue weighted by Crippen LogP contribution is -2.47. The van der Waals surface area contributed by atoms with Gasteiger partial charge >= 0.3 is 5.97 Å². The van der Waals surface area contributed by atoms with Crippen molar-refractivity contribution in [2.75, 3.05) is 26.3 Å². The topological polar surface area (TPSA) is 40.5 Å². The highest BCUT2D eigenvalue weighted by Crippen LogP contribution is 2.40. The number of hydrogen-bond donors (Lipinski definition) is 1. The minimum absolute atomic E-state index is 0. The predicted octanol–water partition coefficient (Wildman–Crippen LogP) is 7.08. The summed E-state index contributed by atoms with van der Waals surface area (Å²) in [5.41, 5.74) is 8.00. The Morgan fingerprint density at radius 3 is 2.32 bits per heavy atom. The van der Waals surface area contributed by atoms with Crippen molar-refractivity contribution in [2.45, 2.75) is 32.1 Å². The molecular weight excluding hydrogens is 492 g/mol. The fraction of sp³-hybridized carbons (Fsp3) is 0.323. The van der Waals surface area contributed by atoms with E-state index in [4.69, 9.17) is 0 Å². The van der Waals surface area contributed by atoms with Crippen LogP contribution in [-0.2, 0) is 12.8 Å². The van der Waals surface area contributed by atoms with Gasteiger partial charge in [-0.25, -0.2) is 9.18 Å². The zero-order valence-electron chi connectivity index (χ0n) is 20.8. The van der Waals surface area contributed by atoms with Gasteiger partial charge in [0.25, 0.3) is 0 Å². The summed E-state index contributed by atoms with van der Waals surface area (Å²) in [6, 6.07) is 20.8. The van der Waals surface area contributed by atoms with Crippen molar-refractivity contribution in [3.8, 4) is 0 Å². The van der Waals surface area contributed by atoms with E-state index in [1.807, 2.05) is 18.2 Å². The van der Waals surface area contributed by atoms with E-state index >= 15 is 0 Å². The van der Waals surface area contributed by atoms with Crippen LogP contribution in [0.2, 0.25) is 0 Å². The second-order valence-corrected chi connectivity index (χ2v) is 9.96. The van der Waals surface area contributed by atoms with Crippen molar-refractivity contribution < 1.29 is 18.7 Å². The highest BCUT2D eigenvalue weighted by atomic mass is 35.5. The van der Waals surface area contributed by atoms with Gasteiger partial charge in [-0.1, -0.05) is 42.5 Å². The fourth-order valence-corrected chi connectivity index (χ4v) is 5.60. The van der Waals surface area contributed by atoms with E-state index in [2.05, 4.69) is 29.2 Å². The number of aryl methyl sites for hydroxylation is 1. The van der Waals surface area contributed by atoms with Crippen LogP contribution in [-0.4, -0.2) is 42.3 Å². The maximum Gasteiger partial charge on any atom is 0.335 e. The summed E-state index contributed by atoms with van der Waals surface area (Å²) >= 11 is 0. The van der Waals surface area contributed by atoms with Gasteiger partial charge in [0.15, 0.2) is 0 Å². The molecule has 0 spiro atoms. The van der Waals surface area contributed by atoms with Crippen molar-refractivity contribution in [3.63, 3.8) is 0 Å². The molecule has 37 heavy (non-hydrogen) atoms. The molecule has 0 radical (unpaired) electrons. The molecule has 1 fully saturated rings. The van der Waals surface area contributed by atoms with Crippen LogP contribution in [0.5, 0.6) is 0 Å². The Morgan fingerprint density at radius 1 is 0.946 bits per heavy atom. The average Bonchev–Trinajstić information content (AvgIpc) is 3.05. The van der Waals surface area contributed by atoms with Gasteiger partial charge in [-0.15, -0.1) is 12.4 Å². The Balaban J connectivity index is 0.00000320. The van der Waals surface area contributed by atoms with E-state index < -0.39 is 5.97 Å². The van der Waals surface area contributed by atoms with Crippen molar-refractivity contribution in [1.82, 2.24) is 4.90 Å². The number of fused-ring (bicyclic) bond motifs is 1. The number of likely N-dealkylation sites (tertiary alicyclic amines) is 1. The predicted molar refractivity (Wildman–Crippen MR) is 147 cm³/mol. The number of nitrogens with zero attached hydrogens (tertiary/aromatic N) is 1. The standard InChI is InChI=1S/C31H31F2NO2.ClH/c32-15-2-16-34-19-22(20-34)17-21-5-7-24(8-6-21)30-28(23-9-12-27(33)13-10-23)4-1-3-25-18-26(31(35)36)11-14-29(25)30;/h5-14,18,22H,1-4,15-17,19-20H2,(H,35,36);1H. The highest BCUT2D eigenvalue weighted by molar-refractivity contribution is 6.00. The van der Waals surface area contributed by atoms with Crippen molar-refractivity contribution >= 4 is 29.5 Å². The summed E-state index contributed by atoms with van der Waals surface area (Å²) in [4.78, 5) is 13.9. The van der Waals surface area contributed by atoms with Crippen molar-refractivity contribution in [1.29, 1.82) is 0 Å². The lowest BCUT2D eigenvalue weighted by Gasteiger charge is -2.39. The van der Waals surface area contributed by atoms with Crippen LogP contribution in [0.1, 0.15) is 57.4 Å². The van der Waals surface area contributed by atoms with Gasteiger partial charge < -0.3 is 10.0 Å². The van der Waals surface area contributed by atoms with E-state index in [0.717, 1.165) is 78.7 Å². The summed E-state index contributed by atoms with van der Waals surface area (Å²) in [5, 5.41) is 9.51. The highest BCUT2D eigenvalue weighted by Gasteiger charge is 2.26. The molecular formula is C31H32ClF2NO2. The summed E-state index contributed by atoms with van der Waals surface area (Å²) in [5.74, 6) is -0.572. The van der Waals surface area contributed by atoms with E-state index in [9.17, 15) is 18.7 Å². The molecule has 0 atom stereocenters. The first kappa shape index (κ1) is 27.0. The number of carboxylic acid groups (broad SMARTS) is 1. The minimum atomic E-state index is -0.921. The number of benzene rings is 3. The van der Waals surface area contributed by atoms with Crippen LogP contribution in [0.3, 0.4) is 0 Å². The molecule has 1 N–H and O–H groups in total. The molecule has 1 saturated heterocycles. The van der Waals surface area contributed by atoms with E-state index in [1.54, 1.807) is 12.1 Å². The molecule has 6 heteroatoms. The molecule has 0 aromatic heterocycles. The number of halogens is 3. The summed E-state index contributed by atoms with van der Waals surface area (Å²) in [6.45, 7) is 2.65. The largest absolute Gasteiger partial charge is 0.478 e. The molecule has 0 amide bonds. The molecule has 1 aliphatic carbocycles. The third kappa shape index (κ3) is 6.11. The number of rotatable bonds is 8. The third-order valence-electron chi connectivity index (χ3n) is 7.40. The van der Waals surface area contributed by atoms with E-state index in [0.29, 0.717) is 17.9 Å². The van der Waals surface area contributed by atoms with Gasteiger partial charge in [0.1, 0.15) is 5.82 Å². The number of carboxylic acids is 1. The first-order chi connectivity index (χ1) is 17.5. The van der Waals surface area contributed by atoms with Crippen molar-refractivity contribution in [3.05, 3.63) is 106 Å². The number of hydrogen-bond acceptors (Lipinski definition) is 2. The van der Waals surface area contributed by atoms with Crippen LogP contribution in [0.25, 0.3) is 11.1 Å². The maximum atomic E-state index is 13.7. The van der Waals surface area contributed by atoms with Crippen LogP contribution >= 0.6 is 12.4 Å². The first-order valence-corrected chi connectivity index (χ1v) is 12.7. The van der Waals surface area contributed by atoms with Gasteiger partial charge in [-0.3, -0.25) is 4.39 Å². The molecule has 194 valence electrons. The molecule has 3 nitrogen and oxygen atoms in total. The number of aromatic carboxylic acids is 1. The molecule has 1 heterocycles. The number of allylic oxidation sites excluding steroid dienone is 1. The smallest absolute Gasteiger partial charge is 0.335 e. The molecule has 1 aliphatic heterocycles. The minimum Gasteiger partial charge on any atom is -0.478 e. The van der Waals surface area contributed by atoms with Gasteiger partial charge in [0.2, 0.25) is 0 Å². The fourth-order valence-electron chi connectivity index (χ4n) is 5.60. The van der Waals surface area contributed by atoms with Crippen LogP contribution in [0, 0.1) is 11.7 Å². The number of carbonyl (C=O) groups is 1. The number of alkyl halides is 1. The Hall–Kier alpha value is -3.02. The Morgan fingerprint density at radius 2 is 1.65 bits per heavy atom. The second-order valence-electron chi connectivity index (χ2n) is 9.96. The normalized spacial score (nSPS) is 15.9. The second kappa shape index (κ2) is 12.0. The molecule has 0 bridgehead atoms. The SMILES string of the molecule is Cl.O=C(O)c1ccc2c(c1)CCCC(c1ccc(F)cc1)=C2c1ccc(CC2CN(CCCF)C2)cc1. The van der Waals surface area contributed by atoms with E-state index in [1.165, 1.54) is 17.7 Å². The molecule has 0 unspecified atom stereocenters. The quantitative estimate of drug-likeness (QED) is 0.343. The molecule has 5 rings (SSSR count). The molecule has 3 aromatic carbocycles. The summed E-state index contributed by atoms with van der Waals surface area (Å²) in [6.07, 6.45) is 4.14. The maximum absolute atomic E-state index is 13.7. The Kier molecular flexibility index (Phi) is 8.78. The van der Waals surface area contributed by atoms with Crippen LogP contribution < -0.4 is 0 Å². The van der Waals surface area contributed by atoms with Crippen molar-refractivity contribution in [2.24, 2.45) is 5.92 Å². The molecule has 3 aromatic rings. The average molecular weight is 524 g/mol. The Labute approximate surface area is 223 Å². The summed E-state index contributed by atoms with van der Waals surface area (Å²) in [7, 11) is 0. The van der Waals surface area contributed by atoms with Gasteiger partial charge in [-0.05, 0) is 101 Å².